The normalized spacial score (nSPS) is 19.4. The second kappa shape index (κ2) is 6.81. The SMILES string of the molecule is CSNc1ccc(OCC(C)(C)C)c(B2OC(C)(C)C(C)(C)O2)c1. The first-order chi connectivity index (χ1) is 11.0. The summed E-state index contributed by atoms with van der Waals surface area (Å²) >= 11 is 1.56. The summed E-state index contributed by atoms with van der Waals surface area (Å²) in [5, 5.41) is 0. The number of anilines is 1. The highest BCUT2D eigenvalue weighted by Gasteiger charge is 2.52. The Balaban J connectivity index is 2.33. The Kier molecular flexibility index (Phi) is 5.53. The monoisotopic (exact) mass is 351 g/mol. The van der Waals surface area contributed by atoms with Crippen LogP contribution in [0, 0.1) is 5.41 Å². The smallest absolute Gasteiger partial charge is 0.493 e. The number of benzene rings is 1. The number of hydrogen-bond donors (Lipinski definition) is 1. The van der Waals surface area contributed by atoms with Crippen LogP contribution in [0.4, 0.5) is 5.69 Å². The number of hydrogen-bond acceptors (Lipinski definition) is 5. The van der Waals surface area contributed by atoms with Gasteiger partial charge in [0, 0.05) is 17.4 Å². The molecule has 0 aliphatic carbocycles. The molecular formula is C18H30BNO3S. The van der Waals surface area contributed by atoms with E-state index in [1.54, 1.807) is 11.9 Å². The van der Waals surface area contributed by atoms with E-state index in [4.69, 9.17) is 14.0 Å². The highest BCUT2D eigenvalue weighted by molar-refractivity contribution is 7.99. The molecule has 1 aliphatic heterocycles. The zero-order valence-electron chi connectivity index (χ0n) is 16.1. The molecule has 0 unspecified atom stereocenters. The van der Waals surface area contributed by atoms with Crippen molar-refractivity contribution < 1.29 is 14.0 Å². The maximum Gasteiger partial charge on any atom is 0.498 e. The summed E-state index contributed by atoms with van der Waals surface area (Å²) in [6.07, 6.45) is 2.00. The average molecular weight is 351 g/mol. The lowest BCUT2D eigenvalue weighted by Crippen LogP contribution is -2.41. The summed E-state index contributed by atoms with van der Waals surface area (Å²) in [5.74, 6) is 0.815. The molecule has 0 bridgehead atoms. The van der Waals surface area contributed by atoms with Gasteiger partial charge in [0.2, 0.25) is 0 Å². The standard InChI is InChI=1S/C18H30BNO3S/c1-16(2,3)12-21-15-10-9-13(20-24-8)11-14(15)19-22-17(4,5)18(6,7)23-19/h9-11,20H,12H2,1-8H3. The van der Waals surface area contributed by atoms with Crippen LogP contribution in [0.2, 0.25) is 0 Å². The van der Waals surface area contributed by atoms with E-state index in [0.717, 1.165) is 16.9 Å². The molecule has 134 valence electrons. The average Bonchev–Trinajstić information content (AvgIpc) is 2.65. The molecule has 0 aromatic heterocycles. The predicted octanol–water partition coefficient (Wildman–Crippen LogP) is 4.10. The summed E-state index contributed by atoms with van der Waals surface area (Å²) in [6, 6.07) is 6.06. The fourth-order valence-corrected chi connectivity index (χ4v) is 2.67. The fourth-order valence-electron chi connectivity index (χ4n) is 2.31. The molecule has 0 spiro atoms. The zero-order valence-corrected chi connectivity index (χ0v) is 17.0. The Morgan fingerprint density at radius 3 is 2.21 bits per heavy atom. The van der Waals surface area contributed by atoms with E-state index in [-0.39, 0.29) is 16.6 Å². The minimum absolute atomic E-state index is 0.0867. The van der Waals surface area contributed by atoms with Crippen molar-refractivity contribution in [3.8, 4) is 5.75 Å². The maximum absolute atomic E-state index is 6.22. The van der Waals surface area contributed by atoms with Gasteiger partial charge in [0.1, 0.15) is 5.75 Å². The van der Waals surface area contributed by atoms with Crippen LogP contribution in [-0.2, 0) is 9.31 Å². The van der Waals surface area contributed by atoms with E-state index in [9.17, 15) is 0 Å². The third-order valence-corrected chi connectivity index (χ3v) is 4.84. The summed E-state index contributed by atoms with van der Waals surface area (Å²) in [4.78, 5) is 0. The molecule has 0 amide bonds. The Labute approximate surface area is 151 Å². The summed E-state index contributed by atoms with van der Waals surface area (Å²) < 4.78 is 21.8. The van der Waals surface area contributed by atoms with Crippen molar-refractivity contribution in [3.63, 3.8) is 0 Å². The molecule has 0 atom stereocenters. The van der Waals surface area contributed by atoms with Crippen LogP contribution in [0.5, 0.6) is 5.75 Å². The predicted molar refractivity (Wildman–Crippen MR) is 104 cm³/mol. The van der Waals surface area contributed by atoms with Gasteiger partial charge >= 0.3 is 7.12 Å². The van der Waals surface area contributed by atoms with Crippen molar-refractivity contribution in [3.05, 3.63) is 18.2 Å². The summed E-state index contributed by atoms with van der Waals surface area (Å²) in [6.45, 7) is 15.4. The van der Waals surface area contributed by atoms with E-state index in [1.807, 2.05) is 18.4 Å². The lowest BCUT2D eigenvalue weighted by atomic mass is 9.78. The van der Waals surface area contributed by atoms with E-state index in [2.05, 4.69) is 59.3 Å². The largest absolute Gasteiger partial charge is 0.498 e. The fraction of sp³-hybridized carbons (Fsp3) is 0.667. The number of nitrogens with one attached hydrogen (secondary N) is 1. The molecule has 24 heavy (non-hydrogen) atoms. The van der Waals surface area contributed by atoms with E-state index in [0.29, 0.717) is 6.61 Å². The van der Waals surface area contributed by atoms with Crippen molar-refractivity contribution in [2.75, 3.05) is 17.6 Å². The molecular weight excluding hydrogens is 321 g/mol. The molecule has 4 nitrogen and oxygen atoms in total. The van der Waals surface area contributed by atoms with Gasteiger partial charge in [-0.25, -0.2) is 0 Å². The molecule has 1 N–H and O–H groups in total. The molecule has 1 heterocycles. The molecule has 0 saturated carbocycles. The molecule has 1 saturated heterocycles. The molecule has 1 aromatic carbocycles. The van der Waals surface area contributed by atoms with Gasteiger partial charge in [0.25, 0.3) is 0 Å². The van der Waals surface area contributed by atoms with Crippen LogP contribution < -0.4 is 14.9 Å². The molecule has 1 aromatic rings. The van der Waals surface area contributed by atoms with E-state index >= 15 is 0 Å². The van der Waals surface area contributed by atoms with Gasteiger partial charge in [-0.1, -0.05) is 32.7 Å². The van der Waals surface area contributed by atoms with Crippen LogP contribution in [0.1, 0.15) is 48.5 Å². The lowest BCUT2D eigenvalue weighted by Gasteiger charge is -2.32. The van der Waals surface area contributed by atoms with Crippen LogP contribution in [0.15, 0.2) is 18.2 Å². The second-order valence-corrected chi connectivity index (χ2v) is 9.11. The lowest BCUT2D eigenvalue weighted by molar-refractivity contribution is 0.00578. The minimum atomic E-state index is -0.437. The Morgan fingerprint density at radius 1 is 1.12 bits per heavy atom. The summed E-state index contributed by atoms with van der Waals surface area (Å²) in [7, 11) is -0.437. The molecule has 1 fully saturated rings. The van der Waals surface area contributed by atoms with Gasteiger partial charge in [-0.3, -0.25) is 0 Å². The van der Waals surface area contributed by atoms with Crippen LogP contribution in [-0.4, -0.2) is 31.2 Å². The zero-order chi connectivity index (χ0) is 18.2. The molecule has 0 radical (unpaired) electrons. The van der Waals surface area contributed by atoms with Crippen LogP contribution in [0.25, 0.3) is 0 Å². The Bertz CT molecular complexity index is 568. The number of rotatable bonds is 5. The first kappa shape index (κ1) is 19.5. The van der Waals surface area contributed by atoms with Crippen LogP contribution in [0.3, 0.4) is 0 Å². The first-order valence-electron chi connectivity index (χ1n) is 8.37. The number of ether oxygens (including phenoxy) is 1. The molecule has 6 heteroatoms. The Morgan fingerprint density at radius 2 is 1.71 bits per heavy atom. The van der Waals surface area contributed by atoms with Gasteiger partial charge in [0.15, 0.2) is 0 Å². The van der Waals surface area contributed by atoms with Crippen molar-refractivity contribution in [2.24, 2.45) is 5.41 Å². The van der Waals surface area contributed by atoms with Crippen molar-refractivity contribution in [1.29, 1.82) is 0 Å². The second-order valence-electron chi connectivity index (χ2n) is 8.50. The quantitative estimate of drug-likeness (QED) is 0.639. The highest BCUT2D eigenvalue weighted by atomic mass is 32.2. The topological polar surface area (TPSA) is 39.7 Å². The van der Waals surface area contributed by atoms with Gasteiger partial charge in [0.05, 0.1) is 17.8 Å². The van der Waals surface area contributed by atoms with Gasteiger partial charge in [-0.05, 0) is 51.3 Å². The first-order valence-corrected chi connectivity index (χ1v) is 9.59. The van der Waals surface area contributed by atoms with E-state index < -0.39 is 7.12 Å². The van der Waals surface area contributed by atoms with Crippen molar-refractivity contribution >= 4 is 30.2 Å². The van der Waals surface area contributed by atoms with E-state index in [1.165, 1.54) is 0 Å². The maximum atomic E-state index is 6.22. The molecule has 1 aliphatic rings. The summed E-state index contributed by atoms with van der Waals surface area (Å²) in [5.41, 5.74) is 1.28. The van der Waals surface area contributed by atoms with Crippen molar-refractivity contribution in [2.45, 2.75) is 59.7 Å². The van der Waals surface area contributed by atoms with Crippen molar-refractivity contribution in [1.82, 2.24) is 0 Å². The highest BCUT2D eigenvalue weighted by Crippen LogP contribution is 2.37. The third-order valence-electron chi connectivity index (χ3n) is 4.40. The molecule has 2 rings (SSSR count). The van der Waals surface area contributed by atoms with Gasteiger partial charge in [-0.15, -0.1) is 0 Å². The minimum Gasteiger partial charge on any atom is -0.493 e. The third kappa shape index (κ3) is 4.41. The van der Waals surface area contributed by atoms with Gasteiger partial charge in [-0.2, -0.15) is 0 Å². The van der Waals surface area contributed by atoms with Crippen LogP contribution >= 0.6 is 11.9 Å². The Hall–Kier alpha value is -0.845. The van der Waals surface area contributed by atoms with Gasteiger partial charge < -0.3 is 18.8 Å².